The van der Waals surface area contributed by atoms with Gasteiger partial charge in [0, 0.05) is 35.7 Å². The third-order valence-corrected chi connectivity index (χ3v) is 5.79. The SMILES string of the molecule is CCOC(=O)c1ccc(-c2cc(NCCn3c(Cl)cc4cccc(CF)c43)ncn2)cc1OCC. The van der Waals surface area contributed by atoms with Gasteiger partial charge in [-0.15, -0.1) is 0 Å². The molecule has 0 saturated carbocycles. The fourth-order valence-corrected chi connectivity index (χ4v) is 4.22. The molecule has 2 aromatic heterocycles. The van der Waals surface area contributed by atoms with Crippen LogP contribution in [0.15, 0.2) is 54.9 Å². The lowest BCUT2D eigenvalue weighted by atomic mass is 10.1. The fourth-order valence-electron chi connectivity index (χ4n) is 3.94. The maximum Gasteiger partial charge on any atom is 0.341 e. The van der Waals surface area contributed by atoms with E-state index in [1.54, 1.807) is 31.2 Å². The van der Waals surface area contributed by atoms with Gasteiger partial charge in [0.1, 0.15) is 35.3 Å². The number of rotatable bonds is 10. The number of para-hydroxylation sites is 1. The maximum atomic E-state index is 13.5. The molecule has 1 N–H and O–H groups in total. The van der Waals surface area contributed by atoms with Crippen LogP contribution >= 0.6 is 11.6 Å². The van der Waals surface area contributed by atoms with Crippen LogP contribution in [-0.4, -0.2) is 40.3 Å². The summed E-state index contributed by atoms with van der Waals surface area (Å²) in [7, 11) is 0. The number of ether oxygens (including phenoxy) is 2. The standard InChI is InChI=1S/C26H26ClFN4O3/c1-3-34-22-12-17(8-9-20(22)26(33)35-4-2)21-14-24(31-16-30-21)29-10-11-32-23(27)13-18-6-5-7-19(15-28)25(18)32/h5-9,12-14,16H,3-4,10-11,15H2,1-2H3,(H,29,30,31). The predicted octanol–water partition coefficient (Wildman–Crippen LogP) is 5.91. The molecule has 9 heteroatoms. The number of nitrogens with one attached hydrogen (secondary N) is 1. The Bertz CT molecular complexity index is 1340. The second-order valence-corrected chi connectivity index (χ2v) is 8.07. The molecular weight excluding hydrogens is 471 g/mol. The summed E-state index contributed by atoms with van der Waals surface area (Å²) in [6.45, 7) is 4.80. The van der Waals surface area contributed by atoms with Crippen molar-refractivity contribution in [2.75, 3.05) is 25.1 Å². The summed E-state index contributed by atoms with van der Waals surface area (Å²) in [5.74, 6) is 0.634. The second-order valence-electron chi connectivity index (χ2n) is 7.69. The Balaban J connectivity index is 1.51. The predicted molar refractivity (Wildman–Crippen MR) is 135 cm³/mol. The zero-order valence-corrected chi connectivity index (χ0v) is 20.3. The Morgan fingerprint density at radius 3 is 2.74 bits per heavy atom. The number of alkyl halides is 1. The van der Waals surface area contributed by atoms with E-state index in [4.69, 9.17) is 21.1 Å². The highest BCUT2D eigenvalue weighted by molar-refractivity contribution is 6.31. The van der Waals surface area contributed by atoms with Gasteiger partial charge in [0.05, 0.1) is 24.4 Å². The quantitative estimate of drug-likeness (QED) is 0.275. The van der Waals surface area contributed by atoms with Crippen LogP contribution in [-0.2, 0) is 18.0 Å². The Hall–Kier alpha value is -3.65. The zero-order valence-electron chi connectivity index (χ0n) is 19.6. The molecule has 0 unspecified atom stereocenters. The molecule has 0 saturated heterocycles. The fraction of sp³-hybridized carbons (Fsp3) is 0.269. The number of aromatic nitrogens is 3. The molecule has 0 aliphatic rings. The monoisotopic (exact) mass is 496 g/mol. The Morgan fingerprint density at radius 2 is 1.97 bits per heavy atom. The number of benzene rings is 2. The number of halogens is 2. The third kappa shape index (κ3) is 5.38. The van der Waals surface area contributed by atoms with Gasteiger partial charge in [-0.3, -0.25) is 0 Å². The van der Waals surface area contributed by atoms with Crippen molar-refractivity contribution in [3.63, 3.8) is 0 Å². The summed E-state index contributed by atoms with van der Waals surface area (Å²) < 4.78 is 26.2. The first-order valence-electron chi connectivity index (χ1n) is 11.4. The average molecular weight is 497 g/mol. The van der Waals surface area contributed by atoms with Gasteiger partial charge in [0.15, 0.2) is 0 Å². The van der Waals surface area contributed by atoms with Gasteiger partial charge in [-0.2, -0.15) is 0 Å². The number of fused-ring (bicyclic) bond motifs is 1. The lowest BCUT2D eigenvalue weighted by Crippen LogP contribution is -2.12. The maximum absolute atomic E-state index is 13.5. The van der Waals surface area contributed by atoms with E-state index in [0.29, 0.717) is 53.2 Å². The first kappa shape index (κ1) is 24.5. The number of hydrogen-bond donors (Lipinski definition) is 1. The molecule has 2 aromatic carbocycles. The molecule has 4 aromatic rings. The molecule has 0 fully saturated rings. The van der Waals surface area contributed by atoms with Crippen molar-refractivity contribution in [1.29, 1.82) is 0 Å². The molecule has 0 spiro atoms. The summed E-state index contributed by atoms with van der Waals surface area (Å²) in [5, 5.41) is 4.74. The van der Waals surface area contributed by atoms with Crippen LogP contribution < -0.4 is 10.1 Å². The van der Waals surface area contributed by atoms with E-state index in [9.17, 15) is 9.18 Å². The molecule has 0 aliphatic heterocycles. The van der Waals surface area contributed by atoms with Gasteiger partial charge in [-0.25, -0.2) is 19.2 Å². The van der Waals surface area contributed by atoms with E-state index in [0.717, 1.165) is 16.5 Å². The molecule has 0 radical (unpaired) electrons. The highest BCUT2D eigenvalue weighted by Crippen LogP contribution is 2.29. The second kappa shape index (κ2) is 11.2. The molecule has 0 aliphatic carbocycles. The van der Waals surface area contributed by atoms with E-state index in [2.05, 4.69) is 15.3 Å². The number of nitrogens with zero attached hydrogens (tertiary/aromatic N) is 3. The van der Waals surface area contributed by atoms with E-state index in [-0.39, 0.29) is 6.61 Å². The highest BCUT2D eigenvalue weighted by Gasteiger charge is 2.16. The molecule has 4 rings (SSSR count). The molecule has 182 valence electrons. The lowest BCUT2D eigenvalue weighted by Gasteiger charge is -2.13. The number of esters is 1. The van der Waals surface area contributed by atoms with Crippen LogP contribution in [0.5, 0.6) is 5.75 Å². The average Bonchev–Trinajstić information content (AvgIpc) is 3.19. The lowest BCUT2D eigenvalue weighted by molar-refractivity contribution is 0.0522. The zero-order chi connectivity index (χ0) is 24.8. The summed E-state index contributed by atoms with van der Waals surface area (Å²) in [4.78, 5) is 20.9. The van der Waals surface area contributed by atoms with Crippen molar-refractivity contribution < 1.29 is 18.7 Å². The van der Waals surface area contributed by atoms with Gasteiger partial charge >= 0.3 is 5.97 Å². The Kier molecular flexibility index (Phi) is 7.82. The molecule has 35 heavy (non-hydrogen) atoms. The van der Waals surface area contributed by atoms with Gasteiger partial charge < -0.3 is 19.4 Å². The number of anilines is 1. The van der Waals surface area contributed by atoms with Crippen LogP contribution in [0.3, 0.4) is 0 Å². The minimum atomic E-state index is -0.556. The van der Waals surface area contributed by atoms with Gasteiger partial charge in [0.25, 0.3) is 0 Å². The van der Waals surface area contributed by atoms with Crippen LogP contribution in [0.25, 0.3) is 22.2 Å². The largest absolute Gasteiger partial charge is 0.493 e. The minimum Gasteiger partial charge on any atom is -0.493 e. The molecule has 0 amide bonds. The van der Waals surface area contributed by atoms with Gasteiger partial charge in [-0.1, -0.05) is 35.9 Å². The smallest absolute Gasteiger partial charge is 0.341 e. The molecule has 0 bridgehead atoms. The summed E-state index contributed by atoms with van der Waals surface area (Å²) in [6.07, 6.45) is 1.47. The van der Waals surface area contributed by atoms with Crippen molar-refractivity contribution in [3.05, 3.63) is 71.1 Å². The van der Waals surface area contributed by atoms with E-state index in [1.807, 2.05) is 35.8 Å². The van der Waals surface area contributed by atoms with Crippen molar-refractivity contribution >= 4 is 34.3 Å². The molecular formula is C26H26ClFN4O3. The minimum absolute atomic E-state index is 0.284. The number of carbonyl (C=O) groups excluding carboxylic acids is 1. The molecule has 2 heterocycles. The van der Waals surface area contributed by atoms with E-state index < -0.39 is 12.6 Å². The van der Waals surface area contributed by atoms with Gasteiger partial charge in [-0.05, 0) is 32.0 Å². The highest BCUT2D eigenvalue weighted by atomic mass is 35.5. The Morgan fingerprint density at radius 1 is 1.11 bits per heavy atom. The van der Waals surface area contributed by atoms with Crippen molar-refractivity contribution in [2.24, 2.45) is 0 Å². The normalized spacial score (nSPS) is 11.0. The summed E-state index contributed by atoms with van der Waals surface area (Å²) in [5.41, 5.74) is 3.22. The summed E-state index contributed by atoms with van der Waals surface area (Å²) in [6, 6.07) is 14.4. The number of hydrogen-bond acceptors (Lipinski definition) is 6. The van der Waals surface area contributed by atoms with Crippen LogP contribution in [0.4, 0.5) is 10.2 Å². The van der Waals surface area contributed by atoms with Crippen molar-refractivity contribution in [3.8, 4) is 17.0 Å². The topological polar surface area (TPSA) is 78.3 Å². The third-order valence-electron chi connectivity index (χ3n) is 5.48. The van der Waals surface area contributed by atoms with E-state index >= 15 is 0 Å². The number of carbonyl (C=O) groups is 1. The summed E-state index contributed by atoms with van der Waals surface area (Å²) >= 11 is 6.42. The van der Waals surface area contributed by atoms with Crippen LogP contribution in [0, 0.1) is 0 Å². The van der Waals surface area contributed by atoms with Crippen molar-refractivity contribution in [1.82, 2.24) is 14.5 Å². The molecule has 0 atom stereocenters. The van der Waals surface area contributed by atoms with Gasteiger partial charge in [0.2, 0.25) is 0 Å². The Labute approximate surface area is 207 Å². The first-order valence-corrected chi connectivity index (χ1v) is 11.8. The molecule has 7 nitrogen and oxygen atoms in total. The van der Waals surface area contributed by atoms with Crippen LogP contribution in [0.2, 0.25) is 5.15 Å². The first-order chi connectivity index (χ1) is 17.0. The van der Waals surface area contributed by atoms with E-state index in [1.165, 1.54) is 6.33 Å². The van der Waals surface area contributed by atoms with Crippen molar-refractivity contribution in [2.45, 2.75) is 27.1 Å². The van der Waals surface area contributed by atoms with Crippen LogP contribution in [0.1, 0.15) is 29.8 Å².